The summed E-state index contributed by atoms with van der Waals surface area (Å²) < 4.78 is 0. The lowest BCUT2D eigenvalue weighted by Crippen LogP contribution is -1.94. The van der Waals surface area contributed by atoms with Crippen molar-refractivity contribution in [3.8, 4) is 0 Å². The summed E-state index contributed by atoms with van der Waals surface area (Å²) in [6.45, 7) is 7.26. The molecule has 0 rings (SSSR count). The van der Waals surface area contributed by atoms with Crippen LogP contribution in [-0.4, -0.2) is 17.5 Å². The highest BCUT2D eigenvalue weighted by molar-refractivity contribution is 5.64. The van der Waals surface area contributed by atoms with E-state index in [1.807, 2.05) is 6.08 Å². The van der Waals surface area contributed by atoms with Crippen LogP contribution in [0, 0.1) is 0 Å². The van der Waals surface area contributed by atoms with E-state index in [0.717, 1.165) is 19.1 Å². The number of hydrogen-bond acceptors (Lipinski definition) is 2. The van der Waals surface area contributed by atoms with Gasteiger partial charge in [0.2, 0.25) is 0 Å². The van der Waals surface area contributed by atoms with Crippen LogP contribution in [0.5, 0.6) is 0 Å². The molecule has 0 fully saturated rings. The quantitative estimate of drug-likeness (QED) is 0.405. The first-order chi connectivity index (χ1) is 6.18. The zero-order valence-electron chi connectivity index (χ0n) is 8.57. The third kappa shape index (κ3) is 24.7. The smallest absolute Gasteiger partial charge is 0.142 e. The maximum absolute atomic E-state index is 9.59. The molecule has 13 heavy (non-hydrogen) atoms. The largest absolute Gasteiger partial charge is 0.393 e. The Labute approximate surface area is 81.0 Å². The van der Waals surface area contributed by atoms with Crippen LogP contribution in [-0.2, 0) is 4.79 Å². The lowest BCUT2D eigenvalue weighted by molar-refractivity contribution is -0.104. The molecule has 0 aliphatic rings. The first-order valence-corrected chi connectivity index (χ1v) is 4.58. The van der Waals surface area contributed by atoms with Crippen LogP contribution in [0.1, 0.15) is 33.1 Å². The summed E-state index contributed by atoms with van der Waals surface area (Å²) in [6.07, 6.45) is 8.50. The lowest BCUT2D eigenvalue weighted by Gasteiger charge is -1.92. The van der Waals surface area contributed by atoms with Crippen molar-refractivity contribution in [2.24, 2.45) is 0 Å². The van der Waals surface area contributed by atoms with Gasteiger partial charge in [0.1, 0.15) is 6.29 Å². The number of unbranched alkanes of at least 4 members (excludes halogenated alkanes) is 1. The van der Waals surface area contributed by atoms with E-state index in [0.29, 0.717) is 6.42 Å². The Balaban J connectivity index is 0. The van der Waals surface area contributed by atoms with Crippen molar-refractivity contribution in [1.29, 1.82) is 0 Å². The van der Waals surface area contributed by atoms with Crippen LogP contribution in [0.2, 0.25) is 0 Å². The number of hydrogen-bond donors (Lipinski definition) is 1. The van der Waals surface area contributed by atoms with E-state index < -0.39 is 0 Å². The molecule has 0 heterocycles. The molecule has 0 spiro atoms. The van der Waals surface area contributed by atoms with Crippen LogP contribution in [0.25, 0.3) is 0 Å². The number of aldehydes is 1. The highest BCUT2D eigenvalue weighted by Gasteiger charge is 1.84. The van der Waals surface area contributed by atoms with Crippen LogP contribution in [0.4, 0.5) is 0 Å². The van der Waals surface area contributed by atoms with Crippen molar-refractivity contribution in [3.05, 3.63) is 24.8 Å². The van der Waals surface area contributed by atoms with Gasteiger partial charge in [-0.15, -0.1) is 6.58 Å². The molecular formula is C11H20O2. The summed E-state index contributed by atoms with van der Waals surface area (Å²) in [7, 11) is 0. The minimum absolute atomic E-state index is 0.220. The van der Waals surface area contributed by atoms with Crippen molar-refractivity contribution in [2.75, 3.05) is 0 Å². The van der Waals surface area contributed by atoms with E-state index in [-0.39, 0.29) is 6.10 Å². The van der Waals surface area contributed by atoms with Gasteiger partial charge < -0.3 is 5.11 Å². The van der Waals surface area contributed by atoms with Gasteiger partial charge in [0.25, 0.3) is 0 Å². The monoisotopic (exact) mass is 184 g/mol. The van der Waals surface area contributed by atoms with Crippen molar-refractivity contribution in [2.45, 2.75) is 39.2 Å². The summed E-state index contributed by atoms with van der Waals surface area (Å²) in [5.74, 6) is 0. The second-order valence-corrected chi connectivity index (χ2v) is 2.73. The first kappa shape index (κ1) is 14.6. The third-order valence-corrected chi connectivity index (χ3v) is 1.18. The molecule has 1 unspecified atom stereocenters. The van der Waals surface area contributed by atoms with Gasteiger partial charge in [0, 0.05) is 0 Å². The fourth-order valence-electron chi connectivity index (χ4n) is 0.560. The fraction of sp³-hybridized carbons (Fsp3) is 0.545. The molecule has 0 aliphatic carbocycles. The number of rotatable bonds is 5. The molecule has 0 saturated heterocycles. The normalized spacial score (nSPS) is 11.6. The maximum Gasteiger partial charge on any atom is 0.142 e. The molecule has 1 N–H and O–H groups in total. The lowest BCUT2D eigenvalue weighted by atomic mass is 10.3. The van der Waals surface area contributed by atoms with Gasteiger partial charge in [-0.05, 0) is 25.8 Å². The number of carbonyl (C=O) groups excluding carboxylic acids is 1. The van der Waals surface area contributed by atoms with E-state index in [4.69, 9.17) is 5.11 Å². The van der Waals surface area contributed by atoms with Gasteiger partial charge >= 0.3 is 0 Å². The topological polar surface area (TPSA) is 37.3 Å². The standard InChI is InChI=1S/C6H10O.C5H10O/c1-2-3-4-5-6-7;1-3-4-5(2)6/h4-6H,2-3H2,1H3;3,5-6H,1,4H2,2H3/b5-4+;. The van der Waals surface area contributed by atoms with Crippen molar-refractivity contribution >= 4 is 6.29 Å². The van der Waals surface area contributed by atoms with Gasteiger partial charge in [-0.25, -0.2) is 0 Å². The minimum atomic E-state index is -0.220. The van der Waals surface area contributed by atoms with Crippen LogP contribution in [0.15, 0.2) is 24.8 Å². The number of carbonyl (C=O) groups is 1. The molecule has 0 aromatic carbocycles. The van der Waals surface area contributed by atoms with Gasteiger partial charge in [-0.2, -0.15) is 0 Å². The third-order valence-electron chi connectivity index (χ3n) is 1.18. The molecule has 0 aromatic heterocycles. The van der Waals surface area contributed by atoms with Crippen LogP contribution in [0.3, 0.4) is 0 Å². The summed E-state index contributed by atoms with van der Waals surface area (Å²) in [6, 6.07) is 0. The zero-order valence-corrected chi connectivity index (χ0v) is 8.57. The molecule has 0 radical (unpaired) electrons. The first-order valence-electron chi connectivity index (χ1n) is 4.58. The van der Waals surface area contributed by atoms with Crippen molar-refractivity contribution < 1.29 is 9.90 Å². The number of allylic oxidation sites excluding steroid dienone is 2. The summed E-state index contributed by atoms with van der Waals surface area (Å²) in [4.78, 5) is 9.59. The Hall–Kier alpha value is -0.890. The number of aliphatic hydroxyl groups excluding tert-OH is 1. The predicted octanol–water partition coefficient (Wildman–Crippen LogP) is 2.48. The average molecular weight is 184 g/mol. The highest BCUT2D eigenvalue weighted by atomic mass is 16.3. The van der Waals surface area contributed by atoms with Gasteiger partial charge in [-0.1, -0.05) is 25.5 Å². The summed E-state index contributed by atoms with van der Waals surface area (Å²) >= 11 is 0. The molecule has 2 heteroatoms. The SMILES string of the molecule is C=CCC(C)O.CCC/C=C/C=O. The molecule has 0 aliphatic heterocycles. The molecule has 1 atom stereocenters. The van der Waals surface area contributed by atoms with E-state index in [1.165, 1.54) is 6.08 Å². The predicted molar refractivity (Wildman–Crippen MR) is 56.6 cm³/mol. The van der Waals surface area contributed by atoms with Gasteiger partial charge in [-0.3, -0.25) is 4.79 Å². The highest BCUT2D eigenvalue weighted by Crippen LogP contribution is 1.86. The molecule has 2 nitrogen and oxygen atoms in total. The summed E-state index contributed by atoms with van der Waals surface area (Å²) in [5, 5.41) is 8.48. The Bertz CT molecular complexity index is 137. The van der Waals surface area contributed by atoms with E-state index >= 15 is 0 Å². The van der Waals surface area contributed by atoms with Crippen molar-refractivity contribution in [1.82, 2.24) is 0 Å². The molecule has 0 aromatic rings. The molecule has 0 saturated carbocycles. The Morgan fingerprint density at radius 1 is 1.54 bits per heavy atom. The fourth-order valence-corrected chi connectivity index (χ4v) is 0.560. The Kier molecular flexibility index (Phi) is 15.4. The van der Waals surface area contributed by atoms with E-state index in [9.17, 15) is 4.79 Å². The Morgan fingerprint density at radius 3 is 2.38 bits per heavy atom. The zero-order chi connectivity index (χ0) is 10.5. The number of aliphatic hydroxyl groups is 1. The second-order valence-electron chi connectivity index (χ2n) is 2.73. The van der Waals surface area contributed by atoms with E-state index in [1.54, 1.807) is 13.0 Å². The van der Waals surface area contributed by atoms with E-state index in [2.05, 4.69) is 13.5 Å². The van der Waals surface area contributed by atoms with Gasteiger partial charge in [0.05, 0.1) is 6.10 Å². The summed E-state index contributed by atoms with van der Waals surface area (Å²) in [5.41, 5.74) is 0. The van der Waals surface area contributed by atoms with Crippen molar-refractivity contribution in [3.63, 3.8) is 0 Å². The van der Waals surface area contributed by atoms with Crippen LogP contribution >= 0.6 is 0 Å². The Morgan fingerprint density at radius 2 is 2.15 bits per heavy atom. The second kappa shape index (κ2) is 13.7. The molecular weight excluding hydrogens is 164 g/mol. The molecule has 76 valence electrons. The van der Waals surface area contributed by atoms with Gasteiger partial charge in [0.15, 0.2) is 0 Å². The average Bonchev–Trinajstić information content (AvgIpc) is 2.06. The molecule has 0 amide bonds. The van der Waals surface area contributed by atoms with Crippen LogP contribution < -0.4 is 0 Å². The maximum atomic E-state index is 9.59. The molecule has 0 bridgehead atoms. The minimum Gasteiger partial charge on any atom is -0.393 e.